The van der Waals surface area contributed by atoms with Gasteiger partial charge in [-0.1, -0.05) is 26.2 Å². The van der Waals surface area contributed by atoms with Crippen molar-refractivity contribution in [3.8, 4) is 5.92 Å². The van der Waals surface area contributed by atoms with E-state index in [-0.39, 0.29) is 18.9 Å². The second-order valence-corrected chi connectivity index (χ2v) is 1.99. The van der Waals surface area contributed by atoms with Crippen LogP contribution < -0.4 is 18.9 Å². The zero-order chi connectivity index (χ0) is 6.24. The summed E-state index contributed by atoms with van der Waals surface area (Å²) < 4.78 is 0. The molecule has 0 aliphatic heterocycles. The SMILES string of the molecule is [C-]#CCCCCCC.[Li+]. The van der Waals surface area contributed by atoms with Crippen LogP contribution in [0.2, 0.25) is 0 Å². The van der Waals surface area contributed by atoms with Gasteiger partial charge in [0.1, 0.15) is 0 Å². The molecule has 0 spiro atoms. The Labute approximate surface area is 70.6 Å². The molecule has 0 heterocycles. The monoisotopic (exact) mass is 116 g/mol. The molecule has 0 N–H and O–H groups in total. The summed E-state index contributed by atoms with van der Waals surface area (Å²) in [7, 11) is 0. The Kier molecular flexibility index (Phi) is 14.6. The van der Waals surface area contributed by atoms with Crippen LogP contribution in [0.3, 0.4) is 0 Å². The van der Waals surface area contributed by atoms with Crippen molar-refractivity contribution in [3.05, 3.63) is 6.42 Å². The minimum absolute atomic E-state index is 0. The van der Waals surface area contributed by atoms with Gasteiger partial charge in [0.2, 0.25) is 0 Å². The van der Waals surface area contributed by atoms with Gasteiger partial charge in [0.25, 0.3) is 0 Å². The van der Waals surface area contributed by atoms with E-state index in [1.807, 2.05) is 0 Å². The summed E-state index contributed by atoms with van der Waals surface area (Å²) >= 11 is 0. The summed E-state index contributed by atoms with van der Waals surface area (Å²) in [6.07, 6.45) is 12.4. The summed E-state index contributed by atoms with van der Waals surface area (Å²) in [6, 6.07) is 0. The van der Waals surface area contributed by atoms with Gasteiger partial charge in [-0.15, -0.1) is 0 Å². The van der Waals surface area contributed by atoms with Gasteiger partial charge in [-0.2, -0.15) is 0 Å². The Balaban J connectivity index is 0. The third-order valence-corrected chi connectivity index (χ3v) is 1.16. The van der Waals surface area contributed by atoms with Gasteiger partial charge >= 0.3 is 18.9 Å². The second-order valence-electron chi connectivity index (χ2n) is 1.99. The van der Waals surface area contributed by atoms with Crippen LogP contribution in [-0.2, 0) is 0 Å². The van der Waals surface area contributed by atoms with Gasteiger partial charge in [-0.3, -0.25) is 0 Å². The molecule has 1 heteroatoms. The van der Waals surface area contributed by atoms with Crippen molar-refractivity contribution in [2.24, 2.45) is 0 Å². The molecule has 0 radical (unpaired) electrons. The van der Waals surface area contributed by atoms with E-state index in [0.29, 0.717) is 0 Å². The molecule has 0 nitrogen and oxygen atoms in total. The average molecular weight is 116 g/mol. The molecule has 0 aromatic rings. The van der Waals surface area contributed by atoms with Crippen LogP contribution >= 0.6 is 0 Å². The first kappa shape index (κ1) is 11.9. The Morgan fingerprint density at radius 3 is 2.33 bits per heavy atom. The maximum Gasteiger partial charge on any atom is 1.00 e. The van der Waals surface area contributed by atoms with E-state index in [1.54, 1.807) is 0 Å². The van der Waals surface area contributed by atoms with Gasteiger partial charge in [0, 0.05) is 0 Å². The second kappa shape index (κ2) is 11.0. The van der Waals surface area contributed by atoms with Gasteiger partial charge < -0.3 is 12.3 Å². The van der Waals surface area contributed by atoms with Crippen LogP contribution in [-0.4, -0.2) is 0 Å². The third-order valence-electron chi connectivity index (χ3n) is 1.16. The van der Waals surface area contributed by atoms with Crippen molar-refractivity contribution >= 4 is 0 Å². The van der Waals surface area contributed by atoms with E-state index >= 15 is 0 Å². The summed E-state index contributed by atoms with van der Waals surface area (Å²) in [4.78, 5) is 0. The predicted octanol–water partition coefficient (Wildman–Crippen LogP) is -0.449. The van der Waals surface area contributed by atoms with Crippen molar-refractivity contribution < 1.29 is 18.9 Å². The average Bonchev–Trinajstić information content (AvgIpc) is 1.81. The fourth-order valence-electron chi connectivity index (χ4n) is 0.640. The Morgan fingerprint density at radius 2 is 1.89 bits per heavy atom. The first-order valence-electron chi connectivity index (χ1n) is 3.31. The molecule has 0 atom stereocenters. The summed E-state index contributed by atoms with van der Waals surface area (Å²) in [5, 5.41) is 0. The van der Waals surface area contributed by atoms with E-state index in [1.165, 1.54) is 19.3 Å². The molecule has 46 valence electrons. The minimum atomic E-state index is 0. The fraction of sp³-hybridized carbons (Fsp3) is 0.750. The zero-order valence-electron chi connectivity index (χ0n) is 6.54. The molecule has 0 saturated heterocycles. The molecular weight excluding hydrogens is 103 g/mol. The van der Waals surface area contributed by atoms with E-state index in [4.69, 9.17) is 6.42 Å². The van der Waals surface area contributed by atoms with Crippen LogP contribution in [0.1, 0.15) is 39.0 Å². The molecule has 9 heavy (non-hydrogen) atoms. The van der Waals surface area contributed by atoms with Crippen LogP contribution in [0.4, 0.5) is 0 Å². The van der Waals surface area contributed by atoms with Gasteiger partial charge in [-0.25, -0.2) is 0 Å². The maximum atomic E-state index is 6.59. The third kappa shape index (κ3) is 11.6. The normalized spacial score (nSPS) is 7.56. The van der Waals surface area contributed by atoms with Gasteiger partial charge in [0.15, 0.2) is 0 Å². The van der Waals surface area contributed by atoms with E-state index in [0.717, 1.165) is 12.8 Å². The summed E-state index contributed by atoms with van der Waals surface area (Å²) in [6.45, 7) is 2.19. The molecule has 0 aliphatic carbocycles. The molecule has 0 fully saturated rings. The summed E-state index contributed by atoms with van der Waals surface area (Å²) in [5.41, 5.74) is 0. The van der Waals surface area contributed by atoms with Crippen molar-refractivity contribution in [3.63, 3.8) is 0 Å². The first-order valence-corrected chi connectivity index (χ1v) is 3.31. The Morgan fingerprint density at radius 1 is 1.22 bits per heavy atom. The largest absolute Gasteiger partial charge is 1.00 e. The number of hydrogen-bond acceptors (Lipinski definition) is 0. The van der Waals surface area contributed by atoms with Crippen molar-refractivity contribution in [1.82, 2.24) is 0 Å². The molecule has 0 amide bonds. The fourth-order valence-corrected chi connectivity index (χ4v) is 0.640. The molecule has 0 saturated carbocycles. The predicted molar refractivity (Wildman–Crippen MR) is 35.9 cm³/mol. The van der Waals surface area contributed by atoms with Crippen LogP contribution in [0.15, 0.2) is 0 Å². The van der Waals surface area contributed by atoms with E-state index in [9.17, 15) is 0 Å². The zero-order valence-corrected chi connectivity index (χ0v) is 6.54. The summed E-state index contributed by atoms with van der Waals surface area (Å²) in [5.74, 6) is 2.38. The standard InChI is InChI=1S/C8H13.Li/c1-3-5-7-8-6-4-2;/h3,5-8H2,1H3;/q-1;+1. The number of unbranched alkanes of at least 4 members (excludes halogenated alkanes) is 4. The quantitative estimate of drug-likeness (QED) is 0.202. The molecule has 0 bridgehead atoms. The van der Waals surface area contributed by atoms with E-state index in [2.05, 4.69) is 12.8 Å². The molecule has 0 aromatic heterocycles. The smallest absolute Gasteiger partial charge is 0.694 e. The van der Waals surface area contributed by atoms with Crippen LogP contribution in [0, 0.1) is 12.3 Å². The molecule has 0 aliphatic rings. The topological polar surface area (TPSA) is 0 Å². The van der Waals surface area contributed by atoms with E-state index < -0.39 is 0 Å². The first-order chi connectivity index (χ1) is 3.91. The Hall–Kier alpha value is 0.157. The molecule has 0 unspecified atom stereocenters. The maximum absolute atomic E-state index is 6.59. The Bertz CT molecular complexity index is 71.1. The number of hydrogen-bond donors (Lipinski definition) is 0. The van der Waals surface area contributed by atoms with Crippen molar-refractivity contribution in [2.45, 2.75) is 39.0 Å². The van der Waals surface area contributed by atoms with Crippen molar-refractivity contribution in [1.29, 1.82) is 0 Å². The number of rotatable bonds is 4. The van der Waals surface area contributed by atoms with Gasteiger partial charge in [0.05, 0.1) is 0 Å². The minimum Gasteiger partial charge on any atom is -0.694 e. The molecular formula is C8H13Li. The molecule has 0 aromatic carbocycles. The van der Waals surface area contributed by atoms with Gasteiger partial charge in [-0.05, 0) is 12.8 Å². The molecule has 0 rings (SSSR count). The van der Waals surface area contributed by atoms with Crippen molar-refractivity contribution in [2.75, 3.05) is 0 Å². The van der Waals surface area contributed by atoms with Crippen LogP contribution in [0.25, 0.3) is 0 Å². The van der Waals surface area contributed by atoms with Crippen LogP contribution in [0.5, 0.6) is 0 Å².